The molecule has 0 spiro atoms. The SMILES string of the molecule is Cl.O=C(NCCNS(=O)(=O)c1ccccc1)C1CCNCC1. The lowest BCUT2D eigenvalue weighted by molar-refractivity contribution is -0.125. The second-order valence-electron chi connectivity index (χ2n) is 5.03. The zero-order valence-electron chi connectivity index (χ0n) is 12.2. The first kappa shape index (κ1) is 18.9. The molecule has 0 aliphatic carbocycles. The highest BCUT2D eigenvalue weighted by atomic mass is 35.5. The molecule has 124 valence electrons. The summed E-state index contributed by atoms with van der Waals surface area (Å²) in [6.07, 6.45) is 1.67. The fraction of sp³-hybridized carbons (Fsp3) is 0.500. The summed E-state index contributed by atoms with van der Waals surface area (Å²) in [6.45, 7) is 2.21. The van der Waals surface area contributed by atoms with Crippen LogP contribution in [0.1, 0.15) is 12.8 Å². The maximum atomic E-state index is 11.9. The molecule has 0 aromatic heterocycles. The Morgan fingerprint density at radius 1 is 1.14 bits per heavy atom. The predicted octanol–water partition coefficient (Wildman–Crippen LogP) is 0.502. The van der Waals surface area contributed by atoms with Gasteiger partial charge in [0, 0.05) is 19.0 Å². The van der Waals surface area contributed by atoms with Gasteiger partial charge in [0.05, 0.1) is 4.90 Å². The lowest BCUT2D eigenvalue weighted by Gasteiger charge is -2.21. The molecule has 0 bridgehead atoms. The molecule has 1 aromatic rings. The van der Waals surface area contributed by atoms with Crippen molar-refractivity contribution in [2.45, 2.75) is 17.7 Å². The lowest BCUT2D eigenvalue weighted by atomic mass is 9.97. The highest BCUT2D eigenvalue weighted by Gasteiger charge is 2.20. The van der Waals surface area contributed by atoms with Gasteiger partial charge >= 0.3 is 0 Å². The van der Waals surface area contributed by atoms with Crippen LogP contribution in [0.4, 0.5) is 0 Å². The maximum absolute atomic E-state index is 11.9. The monoisotopic (exact) mass is 347 g/mol. The second-order valence-corrected chi connectivity index (χ2v) is 6.79. The fourth-order valence-corrected chi connectivity index (χ4v) is 3.34. The number of sulfonamides is 1. The molecule has 2 rings (SSSR count). The Labute approximate surface area is 137 Å². The first-order valence-corrected chi connectivity index (χ1v) is 8.61. The Hall–Kier alpha value is -1.15. The molecule has 0 atom stereocenters. The Bertz CT molecular complexity index is 560. The van der Waals surface area contributed by atoms with Gasteiger partial charge in [-0.25, -0.2) is 13.1 Å². The molecular weight excluding hydrogens is 326 g/mol. The number of carbonyl (C=O) groups excluding carboxylic acids is 1. The van der Waals surface area contributed by atoms with E-state index in [1.165, 1.54) is 12.1 Å². The first-order valence-electron chi connectivity index (χ1n) is 7.13. The van der Waals surface area contributed by atoms with Crippen LogP contribution in [-0.4, -0.2) is 40.5 Å². The van der Waals surface area contributed by atoms with Gasteiger partial charge in [-0.05, 0) is 38.1 Å². The quantitative estimate of drug-likeness (QED) is 0.654. The summed E-state index contributed by atoms with van der Waals surface area (Å²) < 4.78 is 26.4. The summed E-state index contributed by atoms with van der Waals surface area (Å²) in [6, 6.07) is 8.19. The minimum absolute atomic E-state index is 0. The summed E-state index contributed by atoms with van der Waals surface area (Å²) in [7, 11) is -3.49. The highest BCUT2D eigenvalue weighted by molar-refractivity contribution is 7.89. The minimum atomic E-state index is -3.49. The number of carbonyl (C=O) groups is 1. The van der Waals surface area contributed by atoms with E-state index in [2.05, 4.69) is 15.4 Å². The Kier molecular flexibility index (Phi) is 7.81. The summed E-state index contributed by atoms with van der Waals surface area (Å²) in [5, 5.41) is 5.99. The number of hydrogen-bond donors (Lipinski definition) is 3. The number of hydrogen-bond acceptors (Lipinski definition) is 4. The fourth-order valence-electron chi connectivity index (χ4n) is 2.28. The van der Waals surface area contributed by atoms with Crippen LogP contribution < -0.4 is 15.4 Å². The highest BCUT2D eigenvalue weighted by Crippen LogP contribution is 2.11. The molecule has 3 N–H and O–H groups in total. The number of benzene rings is 1. The zero-order chi connectivity index (χ0) is 15.1. The molecule has 1 heterocycles. The van der Waals surface area contributed by atoms with E-state index in [0.717, 1.165) is 25.9 Å². The van der Waals surface area contributed by atoms with E-state index in [1.807, 2.05) is 0 Å². The van der Waals surface area contributed by atoms with Crippen molar-refractivity contribution in [3.8, 4) is 0 Å². The predicted molar refractivity (Wildman–Crippen MR) is 87.5 cm³/mol. The van der Waals surface area contributed by atoms with E-state index in [0.29, 0.717) is 6.54 Å². The van der Waals surface area contributed by atoms with Crippen molar-refractivity contribution in [1.29, 1.82) is 0 Å². The molecule has 1 amide bonds. The van der Waals surface area contributed by atoms with Crippen molar-refractivity contribution in [3.05, 3.63) is 30.3 Å². The van der Waals surface area contributed by atoms with Crippen molar-refractivity contribution in [3.63, 3.8) is 0 Å². The number of rotatable bonds is 6. The summed E-state index contributed by atoms with van der Waals surface area (Å²) in [5.41, 5.74) is 0. The molecule has 8 heteroatoms. The van der Waals surface area contributed by atoms with Gasteiger partial charge in [-0.2, -0.15) is 0 Å². The molecule has 0 saturated carbocycles. The maximum Gasteiger partial charge on any atom is 0.240 e. The summed E-state index contributed by atoms with van der Waals surface area (Å²) in [5.74, 6) is 0.0485. The molecule has 1 aromatic carbocycles. The van der Waals surface area contributed by atoms with E-state index in [9.17, 15) is 13.2 Å². The van der Waals surface area contributed by atoms with Crippen LogP contribution in [0.3, 0.4) is 0 Å². The average molecular weight is 348 g/mol. The van der Waals surface area contributed by atoms with Gasteiger partial charge in [-0.1, -0.05) is 18.2 Å². The van der Waals surface area contributed by atoms with Crippen LogP contribution in [0.15, 0.2) is 35.2 Å². The smallest absolute Gasteiger partial charge is 0.240 e. The standard InChI is InChI=1S/C14H21N3O3S.ClH/c18-14(12-6-8-15-9-7-12)16-10-11-17-21(19,20)13-4-2-1-3-5-13;/h1-5,12,15,17H,6-11H2,(H,16,18);1H. The van der Waals surface area contributed by atoms with Gasteiger partial charge in [0.15, 0.2) is 0 Å². The third kappa shape index (κ3) is 5.57. The Morgan fingerprint density at radius 2 is 1.77 bits per heavy atom. The molecule has 0 radical (unpaired) electrons. The molecule has 0 unspecified atom stereocenters. The van der Waals surface area contributed by atoms with Crippen molar-refractivity contribution >= 4 is 28.3 Å². The summed E-state index contributed by atoms with van der Waals surface area (Å²) in [4.78, 5) is 12.1. The second kappa shape index (κ2) is 9.09. The van der Waals surface area contributed by atoms with E-state index < -0.39 is 10.0 Å². The van der Waals surface area contributed by atoms with E-state index in [4.69, 9.17) is 0 Å². The molecule has 1 fully saturated rings. The van der Waals surface area contributed by atoms with Crippen molar-refractivity contribution < 1.29 is 13.2 Å². The van der Waals surface area contributed by atoms with Gasteiger partial charge in [-0.3, -0.25) is 4.79 Å². The third-order valence-electron chi connectivity index (χ3n) is 3.48. The van der Waals surface area contributed by atoms with Crippen LogP contribution in [0.2, 0.25) is 0 Å². The topological polar surface area (TPSA) is 87.3 Å². The van der Waals surface area contributed by atoms with Gasteiger partial charge in [-0.15, -0.1) is 12.4 Å². The van der Waals surface area contributed by atoms with Gasteiger partial charge in [0.2, 0.25) is 15.9 Å². The minimum Gasteiger partial charge on any atom is -0.355 e. The third-order valence-corrected chi connectivity index (χ3v) is 4.96. The molecule has 1 aliphatic rings. The first-order chi connectivity index (χ1) is 10.1. The number of halogens is 1. The van der Waals surface area contributed by atoms with Gasteiger partial charge < -0.3 is 10.6 Å². The zero-order valence-corrected chi connectivity index (χ0v) is 13.9. The average Bonchev–Trinajstić information content (AvgIpc) is 2.53. The van der Waals surface area contributed by atoms with Crippen LogP contribution in [0.25, 0.3) is 0 Å². The molecule has 1 aliphatic heterocycles. The van der Waals surface area contributed by atoms with Crippen molar-refractivity contribution in [1.82, 2.24) is 15.4 Å². The van der Waals surface area contributed by atoms with Crippen LogP contribution in [0.5, 0.6) is 0 Å². The normalized spacial score (nSPS) is 15.8. The molecule has 1 saturated heterocycles. The van der Waals surface area contributed by atoms with Crippen molar-refractivity contribution in [2.75, 3.05) is 26.2 Å². The van der Waals surface area contributed by atoms with E-state index >= 15 is 0 Å². The van der Waals surface area contributed by atoms with Gasteiger partial charge in [0.1, 0.15) is 0 Å². The summed E-state index contributed by atoms with van der Waals surface area (Å²) >= 11 is 0. The number of amides is 1. The number of nitrogens with one attached hydrogen (secondary N) is 3. The largest absolute Gasteiger partial charge is 0.355 e. The molecular formula is C14H22ClN3O3S. The molecule has 6 nitrogen and oxygen atoms in total. The Balaban J connectivity index is 0.00000242. The number of piperidine rings is 1. The van der Waals surface area contributed by atoms with E-state index in [1.54, 1.807) is 18.2 Å². The van der Waals surface area contributed by atoms with Gasteiger partial charge in [0.25, 0.3) is 0 Å². The van der Waals surface area contributed by atoms with Crippen LogP contribution >= 0.6 is 12.4 Å². The van der Waals surface area contributed by atoms with Crippen LogP contribution in [-0.2, 0) is 14.8 Å². The lowest BCUT2D eigenvalue weighted by Crippen LogP contribution is -2.41. The van der Waals surface area contributed by atoms with Crippen LogP contribution in [0, 0.1) is 5.92 Å². The molecule has 22 heavy (non-hydrogen) atoms. The van der Waals surface area contributed by atoms with Crippen molar-refractivity contribution in [2.24, 2.45) is 5.92 Å². The Morgan fingerprint density at radius 3 is 2.41 bits per heavy atom. The van der Waals surface area contributed by atoms with E-state index in [-0.39, 0.29) is 35.7 Å².